The second-order valence-corrected chi connectivity index (χ2v) is 7.40. The van der Waals surface area contributed by atoms with E-state index in [1.165, 1.54) is 23.5 Å². The molecule has 10 heteroatoms. The lowest BCUT2D eigenvalue weighted by molar-refractivity contribution is -0.137. The van der Waals surface area contributed by atoms with Crippen LogP contribution < -0.4 is 10.9 Å². The number of alkyl halides is 3. The normalized spacial score (nSPS) is 11.9. The number of anilines is 1. The fraction of sp³-hybridized carbons (Fsp3) is 0.316. The van der Waals surface area contributed by atoms with E-state index in [1.54, 1.807) is 11.4 Å². The van der Waals surface area contributed by atoms with Crippen LogP contribution in [0.4, 0.5) is 18.9 Å². The molecular weight excluding hydrogens is 405 g/mol. The highest BCUT2D eigenvalue weighted by Crippen LogP contribution is 2.29. The maximum atomic E-state index is 12.6. The predicted octanol–water partition coefficient (Wildman–Crippen LogP) is 3.85. The first-order valence-electron chi connectivity index (χ1n) is 8.92. The third-order valence-electron chi connectivity index (χ3n) is 4.14. The molecule has 2 N–H and O–H groups in total. The Morgan fingerprint density at radius 2 is 1.97 bits per heavy atom. The zero-order chi connectivity index (χ0) is 21.0. The molecule has 3 rings (SSSR count). The molecule has 2 aromatic heterocycles. The maximum Gasteiger partial charge on any atom is 0.416 e. The van der Waals surface area contributed by atoms with Gasteiger partial charge in [0.15, 0.2) is 0 Å². The summed E-state index contributed by atoms with van der Waals surface area (Å²) >= 11 is 1.31. The molecule has 0 radical (unpaired) electrons. The lowest BCUT2D eigenvalue weighted by atomic mass is 10.2. The molecule has 0 aliphatic heterocycles. The van der Waals surface area contributed by atoms with Gasteiger partial charge in [-0.25, -0.2) is 4.98 Å². The number of aromatic amines is 1. The van der Waals surface area contributed by atoms with Crippen molar-refractivity contribution in [2.75, 3.05) is 18.4 Å². The molecular formula is C19H19F3N4O2S. The van der Waals surface area contributed by atoms with Crippen molar-refractivity contribution in [2.45, 2.75) is 26.1 Å². The Balaban J connectivity index is 1.66. The molecule has 1 amide bonds. The summed E-state index contributed by atoms with van der Waals surface area (Å²) in [5.41, 5.74) is -0.0994. The Hall–Kier alpha value is -2.72. The molecule has 154 valence electrons. The van der Waals surface area contributed by atoms with Crippen LogP contribution in [0.3, 0.4) is 0 Å². The van der Waals surface area contributed by atoms with Crippen molar-refractivity contribution in [1.29, 1.82) is 0 Å². The summed E-state index contributed by atoms with van der Waals surface area (Å²) in [7, 11) is 0. The number of rotatable bonds is 7. The smallest absolute Gasteiger partial charge is 0.325 e. The number of carbonyl (C=O) groups is 1. The minimum absolute atomic E-state index is 0.0141. The number of hydrogen-bond donors (Lipinski definition) is 2. The monoisotopic (exact) mass is 424 g/mol. The van der Waals surface area contributed by atoms with Crippen molar-refractivity contribution >= 4 is 33.1 Å². The van der Waals surface area contributed by atoms with E-state index >= 15 is 0 Å². The number of thiophene rings is 1. The number of nitrogens with zero attached hydrogens (tertiary/aromatic N) is 2. The quantitative estimate of drug-likeness (QED) is 0.604. The second kappa shape index (κ2) is 8.75. The predicted molar refractivity (Wildman–Crippen MR) is 106 cm³/mol. The van der Waals surface area contributed by atoms with E-state index in [0.717, 1.165) is 18.6 Å². The van der Waals surface area contributed by atoms with Gasteiger partial charge in [-0.1, -0.05) is 6.92 Å². The van der Waals surface area contributed by atoms with E-state index in [4.69, 9.17) is 0 Å². The number of carbonyl (C=O) groups excluding carboxylic acids is 1. The number of halogens is 3. The lowest BCUT2D eigenvalue weighted by Gasteiger charge is -2.20. The van der Waals surface area contributed by atoms with Gasteiger partial charge in [-0.15, -0.1) is 11.3 Å². The fourth-order valence-electron chi connectivity index (χ4n) is 2.88. The molecule has 1 aromatic carbocycles. The molecule has 2 heterocycles. The molecule has 0 fully saturated rings. The highest BCUT2D eigenvalue weighted by Gasteiger charge is 2.30. The molecule has 0 saturated heterocycles. The molecule has 29 heavy (non-hydrogen) atoms. The van der Waals surface area contributed by atoms with Gasteiger partial charge in [0, 0.05) is 5.69 Å². The van der Waals surface area contributed by atoms with Gasteiger partial charge in [-0.05, 0) is 48.7 Å². The molecule has 6 nitrogen and oxygen atoms in total. The van der Waals surface area contributed by atoms with Crippen LogP contribution in [0.1, 0.15) is 24.7 Å². The van der Waals surface area contributed by atoms with Gasteiger partial charge >= 0.3 is 6.18 Å². The Kier molecular flexibility index (Phi) is 6.33. The van der Waals surface area contributed by atoms with E-state index in [0.29, 0.717) is 22.6 Å². The van der Waals surface area contributed by atoms with Gasteiger partial charge in [-0.2, -0.15) is 13.2 Å². The van der Waals surface area contributed by atoms with Crippen molar-refractivity contribution in [3.8, 4) is 0 Å². The molecule has 3 aromatic rings. The third kappa shape index (κ3) is 5.42. The van der Waals surface area contributed by atoms with E-state index < -0.39 is 11.7 Å². The van der Waals surface area contributed by atoms with Crippen LogP contribution in [-0.2, 0) is 17.5 Å². The van der Waals surface area contributed by atoms with E-state index in [1.807, 2.05) is 11.8 Å². The summed E-state index contributed by atoms with van der Waals surface area (Å²) in [5, 5.41) is 4.38. The minimum Gasteiger partial charge on any atom is -0.325 e. The van der Waals surface area contributed by atoms with Gasteiger partial charge in [0.25, 0.3) is 5.56 Å². The molecule has 0 saturated carbocycles. The second-order valence-electron chi connectivity index (χ2n) is 6.48. The third-order valence-corrected chi connectivity index (χ3v) is 5.04. The first-order chi connectivity index (χ1) is 13.8. The van der Waals surface area contributed by atoms with Crippen molar-refractivity contribution in [3.05, 3.63) is 57.5 Å². The summed E-state index contributed by atoms with van der Waals surface area (Å²) in [6, 6.07) is 6.04. The zero-order valence-electron chi connectivity index (χ0n) is 15.5. The summed E-state index contributed by atoms with van der Waals surface area (Å²) in [6.07, 6.45) is -3.65. The average molecular weight is 424 g/mol. The van der Waals surface area contributed by atoms with Crippen LogP contribution in [0, 0.1) is 0 Å². The Morgan fingerprint density at radius 3 is 2.62 bits per heavy atom. The van der Waals surface area contributed by atoms with Gasteiger partial charge in [0.1, 0.15) is 10.5 Å². The standard InChI is InChI=1S/C19H19F3N4O2S/c1-2-8-26(10-15-24-14-7-9-29-17(14)18(28)25-15)11-16(27)23-13-5-3-12(4-6-13)19(20,21)22/h3-7,9H,2,8,10-11H2,1H3,(H,23,27)(H,24,25,28). The topological polar surface area (TPSA) is 78.1 Å². The highest BCUT2D eigenvalue weighted by atomic mass is 32.1. The lowest BCUT2D eigenvalue weighted by Crippen LogP contribution is -2.34. The summed E-state index contributed by atoms with van der Waals surface area (Å²) in [5.74, 6) is 0.0915. The summed E-state index contributed by atoms with van der Waals surface area (Å²) in [4.78, 5) is 33.4. The number of nitrogens with one attached hydrogen (secondary N) is 2. The Morgan fingerprint density at radius 1 is 1.24 bits per heavy atom. The van der Waals surface area contributed by atoms with Gasteiger partial charge < -0.3 is 10.3 Å². The highest BCUT2D eigenvalue weighted by molar-refractivity contribution is 7.17. The van der Waals surface area contributed by atoms with Gasteiger partial charge in [0.2, 0.25) is 5.91 Å². The van der Waals surface area contributed by atoms with Gasteiger partial charge in [0.05, 0.1) is 24.2 Å². The van der Waals surface area contributed by atoms with Gasteiger partial charge in [-0.3, -0.25) is 14.5 Å². The average Bonchev–Trinajstić information content (AvgIpc) is 3.10. The summed E-state index contributed by atoms with van der Waals surface area (Å²) < 4.78 is 38.4. The Labute approximate surface area is 168 Å². The fourth-order valence-corrected chi connectivity index (χ4v) is 3.61. The van der Waals surface area contributed by atoms with E-state index in [2.05, 4.69) is 15.3 Å². The molecule has 0 spiro atoms. The zero-order valence-corrected chi connectivity index (χ0v) is 16.4. The van der Waals surface area contributed by atoms with E-state index in [9.17, 15) is 22.8 Å². The number of hydrogen-bond acceptors (Lipinski definition) is 5. The molecule has 0 aliphatic carbocycles. The van der Waals surface area contributed by atoms with Crippen molar-refractivity contribution in [1.82, 2.24) is 14.9 Å². The number of H-pyrrole nitrogens is 1. The first-order valence-corrected chi connectivity index (χ1v) is 9.80. The molecule has 0 unspecified atom stereocenters. The maximum absolute atomic E-state index is 12.6. The first kappa shape index (κ1) is 21.0. The number of amides is 1. The largest absolute Gasteiger partial charge is 0.416 e. The molecule has 0 bridgehead atoms. The van der Waals surface area contributed by atoms with Crippen LogP contribution in [0.25, 0.3) is 10.2 Å². The van der Waals surface area contributed by atoms with Crippen LogP contribution in [0.2, 0.25) is 0 Å². The van der Waals surface area contributed by atoms with Crippen LogP contribution in [0.15, 0.2) is 40.5 Å². The SMILES string of the molecule is CCCN(CC(=O)Nc1ccc(C(F)(F)F)cc1)Cc1nc2ccsc2c(=O)[nH]1. The van der Waals surface area contributed by atoms with Crippen LogP contribution in [-0.4, -0.2) is 33.9 Å². The molecule has 0 atom stereocenters. The number of fused-ring (bicyclic) bond motifs is 1. The van der Waals surface area contributed by atoms with Crippen LogP contribution in [0.5, 0.6) is 0 Å². The summed E-state index contributed by atoms with van der Waals surface area (Å²) in [6.45, 7) is 2.83. The van der Waals surface area contributed by atoms with E-state index in [-0.39, 0.29) is 30.2 Å². The van der Waals surface area contributed by atoms with Crippen molar-refractivity contribution < 1.29 is 18.0 Å². The van der Waals surface area contributed by atoms with Crippen molar-refractivity contribution in [2.24, 2.45) is 0 Å². The number of benzene rings is 1. The Bertz CT molecular complexity index is 1040. The minimum atomic E-state index is -4.42. The number of aromatic nitrogens is 2. The van der Waals surface area contributed by atoms with Crippen molar-refractivity contribution in [3.63, 3.8) is 0 Å². The van der Waals surface area contributed by atoms with Crippen LogP contribution >= 0.6 is 11.3 Å². The molecule has 0 aliphatic rings.